The number of unbranched alkanes of at least 4 members (excludes halogenated alkanes) is 1. The standard InChI is InChI=1S/C14H23N7/c1-4-6-10-20(3)13-17-12(15-8-5-2)18-14(19-13)21-11-7-9-16-21/h7,9,11H,4-6,8,10H2,1-3H3,(H,15,17,18,19). The van der Waals surface area contributed by atoms with E-state index in [1.54, 1.807) is 10.9 Å². The van der Waals surface area contributed by atoms with Gasteiger partial charge in [-0.2, -0.15) is 20.1 Å². The number of nitrogens with one attached hydrogen (secondary N) is 1. The lowest BCUT2D eigenvalue weighted by Crippen LogP contribution is -2.23. The molecule has 0 aliphatic heterocycles. The minimum absolute atomic E-state index is 0.534. The Morgan fingerprint density at radius 2 is 2.05 bits per heavy atom. The molecule has 0 aliphatic carbocycles. The Balaban J connectivity index is 2.28. The lowest BCUT2D eigenvalue weighted by atomic mass is 10.3. The van der Waals surface area contributed by atoms with Gasteiger partial charge in [-0.15, -0.1) is 0 Å². The van der Waals surface area contributed by atoms with Crippen molar-refractivity contribution in [3.05, 3.63) is 18.5 Å². The van der Waals surface area contributed by atoms with Gasteiger partial charge in [0.25, 0.3) is 5.95 Å². The van der Waals surface area contributed by atoms with Crippen molar-refractivity contribution in [1.29, 1.82) is 0 Å². The van der Waals surface area contributed by atoms with Gasteiger partial charge < -0.3 is 10.2 Å². The number of nitrogens with zero attached hydrogens (tertiary/aromatic N) is 6. The van der Waals surface area contributed by atoms with Crippen molar-refractivity contribution in [1.82, 2.24) is 24.7 Å². The number of aromatic nitrogens is 5. The zero-order valence-corrected chi connectivity index (χ0v) is 13.0. The molecular formula is C14H23N7. The molecule has 0 spiro atoms. The molecule has 0 saturated heterocycles. The van der Waals surface area contributed by atoms with Crippen molar-refractivity contribution in [3.63, 3.8) is 0 Å². The molecular weight excluding hydrogens is 266 g/mol. The van der Waals surface area contributed by atoms with Crippen molar-refractivity contribution in [2.24, 2.45) is 0 Å². The predicted octanol–water partition coefficient (Wildman–Crippen LogP) is 2.12. The molecule has 2 aromatic heterocycles. The van der Waals surface area contributed by atoms with Crippen LogP contribution in [0.15, 0.2) is 18.5 Å². The van der Waals surface area contributed by atoms with Gasteiger partial charge in [0.2, 0.25) is 11.9 Å². The fourth-order valence-corrected chi connectivity index (χ4v) is 1.83. The first-order valence-corrected chi connectivity index (χ1v) is 7.45. The fraction of sp³-hybridized carbons (Fsp3) is 0.571. The van der Waals surface area contributed by atoms with Crippen molar-refractivity contribution >= 4 is 11.9 Å². The molecule has 0 amide bonds. The van der Waals surface area contributed by atoms with Gasteiger partial charge in [-0.3, -0.25) is 0 Å². The second-order valence-electron chi connectivity index (χ2n) is 4.91. The molecule has 114 valence electrons. The third-order valence-corrected chi connectivity index (χ3v) is 3.04. The van der Waals surface area contributed by atoms with Gasteiger partial charge in [0.15, 0.2) is 0 Å². The number of hydrogen-bond acceptors (Lipinski definition) is 6. The highest BCUT2D eigenvalue weighted by molar-refractivity contribution is 5.39. The van der Waals surface area contributed by atoms with Crippen LogP contribution in [0.25, 0.3) is 5.95 Å². The van der Waals surface area contributed by atoms with E-state index < -0.39 is 0 Å². The Kier molecular flexibility index (Phi) is 5.48. The molecule has 2 rings (SSSR count). The quantitative estimate of drug-likeness (QED) is 0.802. The first kappa shape index (κ1) is 15.2. The summed E-state index contributed by atoms with van der Waals surface area (Å²) in [6.45, 7) is 6.04. The average Bonchev–Trinajstić information content (AvgIpc) is 3.04. The molecule has 21 heavy (non-hydrogen) atoms. The number of rotatable bonds is 8. The topological polar surface area (TPSA) is 71.8 Å². The van der Waals surface area contributed by atoms with Crippen LogP contribution in [0.5, 0.6) is 0 Å². The van der Waals surface area contributed by atoms with Crippen molar-refractivity contribution in [2.75, 3.05) is 30.4 Å². The molecule has 0 aliphatic rings. The molecule has 0 bridgehead atoms. The Hall–Kier alpha value is -2.18. The van der Waals surface area contributed by atoms with Gasteiger partial charge >= 0.3 is 0 Å². The molecule has 0 aromatic carbocycles. The van der Waals surface area contributed by atoms with Gasteiger partial charge in [-0.05, 0) is 18.9 Å². The number of anilines is 2. The van der Waals surface area contributed by atoms with Crippen LogP contribution in [-0.4, -0.2) is 44.9 Å². The first-order valence-electron chi connectivity index (χ1n) is 7.45. The summed E-state index contributed by atoms with van der Waals surface area (Å²) in [4.78, 5) is 15.5. The van der Waals surface area contributed by atoms with Crippen LogP contribution in [-0.2, 0) is 0 Å². The van der Waals surface area contributed by atoms with E-state index in [0.29, 0.717) is 17.8 Å². The summed E-state index contributed by atoms with van der Waals surface area (Å²) >= 11 is 0. The zero-order chi connectivity index (χ0) is 15.1. The SMILES string of the molecule is CCCCN(C)c1nc(NCCC)nc(-n2cccn2)n1. The Labute approximate surface area is 125 Å². The van der Waals surface area contributed by atoms with Gasteiger partial charge in [-0.25, -0.2) is 4.68 Å². The molecule has 0 radical (unpaired) electrons. The average molecular weight is 289 g/mol. The van der Waals surface area contributed by atoms with Crippen molar-refractivity contribution < 1.29 is 0 Å². The normalized spacial score (nSPS) is 10.6. The maximum atomic E-state index is 4.50. The molecule has 0 fully saturated rings. The highest BCUT2D eigenvalue weighted by Crippen LogP contribution is 2.12. The van der Waals surface area contributed by atoms with Gasteiger partial charge in [0.05, 0.1) is 0 Å². The van der Waals surface area contributed by atoms with E-state index in [1.807, 2.05) is 19.3 Å². The maximum Gasteiger partial charge on any atom is 0.257 e. The van der Waals surface area contributed by atoms with E-state index in [4.69, 9.17) is 0 Å². The van der Waals surface area contributed by atoms with E-state index in [0.717, 1.165) is 32.4 Å². The van der Waals surface area contributed by atoms with E-state index in [-0.39, 0.29) is 0 Å². The third kappa shape index (κ3) is 4.14. The minimum atomic E-state index is 0.534. The third-order valence-electron chi connectivity index (χ3n) is 3.04. The molecule has 0 saturated carbocycles. The Morgan fingerprint density at radius 3 is 2.71 bits per heavy atom. The molecule has 7 nitrogen and oxygen atoms in total. The Bertz CT molecular complexity index is 538. The minimum Gasteiger partial charge on any atom is -0.354 e. The molecule has 0 unspecified atom stereocenters. The smallest absolute Gasteiger partial charge is 0.257 e. The monoisotopic (exact) mass is 289 g/mol. The second kappa shape index (κ2) is 7.56. The molecule has 1 N–H and O–H groups in total. The lowest BCUT2D eigenvalue weighted by Gasteiger charge is -2.18. The van der Waals surface area contributed by atoms with E-state index in [2.05, 4.69) is 44.1 Å². The molecule has 2 aromatic rings. The van der Waals surface area contributed by atoms with Crippen LogP contribution in [0.4, 0.5) is 11.9 Å². The largest absolute Gasteiger partial charge is 0.354 e. The fourth-order valence-electron chi connectivity index (χ4n) is 1.83. The summed E-state index contributed by atoms with van der Waals surface area (Å²) in [7, 11) is 2.00. The van der Waals surface area contributed by atoms with Gasteiger partial charge in [0.1, 0.15) is 0 Å². The lowest BCUT2D eigenvalue weighted by molar-refractivity contribution is 0.732. The molecule has 2 heterocycles. The summed E-state index contributed by atoms with van der Waals surface area (Å²) in [5.41, 5.74) is 0. The maximum absolute atomic E-state index is 4.50. The molecule has 7 heteroatoms. The summed E-state index contributed by atoms with van der Waals surface area (Å²) in [5, 5.41) is 7.41. The number of hydrogen-bond donors (Lipinski definition) is 1. The summed E-state index contributed by atoms with van der Waals surface area (Å²) in [6.07, 6.45) is 6.81. The van der Waals surface area contributed by atoms with Crippen molar-refractivity contribution in [2.45, 2.75) is 33.1 Å². The summed E-state index contributed by atoms with van der Waals surface area (Å²) < 4.78 is 1.65. The predicted molar refractivity (Wildman–Crippen MR) is 83.9 cm³/mol. The van der Waals surface area contributed by atoms with E-state index in [1.165, 1.54) is 0 Å². The summed E-state index contributed by atoms with van der Waals surface area (Å²) in [6, 6.07) is 1.85. The highest BCUT2D eigenvalue weighted by Gasteiger charge is 2.11. The van der Waals surface area contributed by atoms with Crippen LogP contribution in [0.1, 0.15) is 33.1 Å². The van der Waals surface area contributed by atoms with E-state index in [9.17, 15) is 0 Å². The first-order chi connectivity index (χ1) is 10.2. The van der Waals surface area contributed by atoms with E-state index >= 15 is 0 Å². The van der Waals surface area contributed by atoms with Crippen LogP contribution in [0, 0.1) is 0 Å². The van der Waals surface area contributed by atoms with Crippen LogP contribution in [0.3, 0.4) is 0 Å². The van der Waals surface area contributed by atoms with Crippen LogP contribution >= 0.6 is 0 Å². The van der Waals surface area contributed by atoms with Crippen LogP contribution in [0.2, 0.25) is 0 Å². The van der Waals surface area contributed by atoms with Crippen molar-refractivity contribution in [3.8, 4) is 5.95 Å². The second-order valence-corrected chi connectivity index (χ2v) is 4.91. The molecule has 0 atom stereocenters. The van der Waals surface area contributed by atoms with Gasteiger partial charge in [-0.1, -0.05) is 20.3 Å². The zero-order valence-electron chi connectivity index (χ0n) is 13.0. The Morgan fingerprint density at radius 1 is 1.19 bits per heavy atom. The van der Waals surface area contributed by atoms with Crippen LogP contribution < -0.4 is 10.2 Å². The van der Waals surface area contributed by atoms with Gasteiger partial charge in [0, 0.05) is 32.5 Å². The summed E-state index contributed by atoms with van der Waals surface area (Å²) in [5.74, 6) is 1.80. The highest BCUT2D eigenvalue weighted by atomic mass is 15.4.